The lowest BCUT2D eigenvalue weighted by atomic mass is 9.78. The third-order valence-electron chi connectivity index (χ3n) is 4.90. The maximum Gasteiger partial charge on any atom is 0.431 e. The SMILES string of the molecule is CC(C)(C)Cc1ccc2c(c1)[C@@H](NCCCN(O)C(=O)O)C(CO)CC2. The molecular weight excluding hydrogens is 332 g/mol. The lowest BCUT2D eigenvalue weighted by molar-refractivity contribution is -0.0641. The minimum atomic E-state index is -1.34. The fourth-order valence-electron chi connectivity index (χ4n) is 3.70. The number of nitrogens with one attached hydrogen (secondary N) is 1. The number of nitrogens with zero attached hydrogens (tertiary/aromatic N) is 1. The first-order chi connectivity index (χ1) is 12.2. The Labute approximate surface area is 155 Å². The van der Waals surface area contributed by atoms with Gasteiger partial charge in [-0.3, -0.25) is 5.21 Å². The van der Waals surface area contributed by atoms with Crippen LogP contribution in [0, 0.1) is 11.3 Å². The molecule has 0 heterocycles. The number of aryl methyl sites for hydroxylation is 1. The van der Waals surface area contributed by atoms with E-state index in [4.69, 9.17) is 5.11 Å². The van der Waals surface area contributed by atoms with E-state index >= 15 is 0 Å². The highest BCUT2D eigenvalue weighted by molar-refractivity contribution is 5.63. The Morgan fingerprint density at radius 2 is 2.08 bits per heavy atom. The lowest BCUT2D eigenvalue weighted by Gasteiger charge is -2.34. The van der Waals surface area contributed by atoms with Crippen molar-refractivity contribution in [2.75, 3.05) is 19.7 Å². The van der Waals surface area contributed by atoms with Gasteiger partial charge < -0.3 is 15.5 Å². The van der Waals surface area contributed by atoms with E-state index in [1.54, 1.807) is 0 Å². The van der Waals surface area contributed by atoms with Gasteiger partial charge in [0, 0.05) is 18.6 Å². The van der Waals surface area contributed by atoms with Gasteiger partial charge in [0.1, 0.15) is 0 Å². The van der Waals surface area contributed by atoms with Crippen molar-refractivity contribution in [1.29, 1.82) is 0 Å². The van der Waals surface area contributed by atoms with Crippen LogP contribution >= 0.6 is 0 Å². The van der Waals surface area contributed by atoms with Crippen LogP contribution in [-0.4, -0.2) is 46.3 Å². The summed E-state index contributed by atoms with van der Waals surface area (Å²) in [6.45, 7) is 7.44. The molecule has 0 spiro atoms. The number of amides is 1. The minimum Gasteiger partial charge on any atom is -0.463 e. The van der Waals surface area contributed by atoms with Crippen molar-refractivity contribution in [3.63, 3.8) is 0 Å². The van der Waals surface area contributed by atoms with Crippen molar-refractivity contribution in [3.05, 3.63) is 34.9 Å². The molecule has 2 atom stereocenters. The van der Waals surface area contributed by atoms with E-state index in [0.29, 0.717) is 18.0 Å². The van der Waals surface area contributed by atoms with Gasteiger partial charge in [-0.25, -0.2) is 4.79 Å². The summed E-state index contributed by atoms with van der Waals surface area (Å²) in [6.07, 6.45) is 2.07. The van der Waals surface area contributed by atoms with Gasteiger partial charge in [0.25, 0.3) is 0 Å². The maximum absolute atomic E-state index is 10.6. The third-order valence-corrected chi connectivity index (χ3v) is 4.90. The summed E-state index contributed by atoms with van der Waals surface area (Å²) in [5.74, 6) is 0.150. The molecule has 146 valence electrons. The van der Waals surface area contributed by atoms with Crippen molar-refractivity contribution >= 4 is 6.09 Å². The third kappa shape index (κ3) is 5.69. The largest absolute Gasteiger partial charge is 0.463 e. The van der Waals surface area contributed by atoms with Crippen molar-refractivity contribution in [3.8, 4) is 0 Å². The van der Waals surface area contributed by atoms with Gasteiger partial charge in [-0.15, -0.1) is 0 Å². The molecule has 0 radical (unpaired) electrons. The Bertz CT molecular complexity index is 612. The molecule has 1 aromatic rings. The molecule has 1 aliphatic rings. The maximum atomic E-state index is 10.6. The number of rotatable bonds is 7. The van der Waals surface area contributed by atoms with E-state index in [-0.39, 0.29) is 30.5 Å². The first-order valence-corrected chi connectivity index (χ1v) is 9.36. The van der Waals surface area contributed by atoms with Crippen LogP contribution in [0.4, 0.5) is 4.79 Å². The van der Waals surface area contributed by atoms with Gasteiger partial charge in [0.2, 0.25) is 0 Å². The van der Waals surface area contributed by atoms with Gasteiger partial charge in [-0.05, 0) is 54.3 Å². The van der Waals surface area contributed by atoms with Crippen molar-refractivity contribution < 1.29 is 20.2 Å². The second-order valence-electron chi connectivity index (χ2n) is 8.44. The number of hydrogen-bond donors (Lipinski definition) is 4. The summed E-state index contributed by atoms with van der Waals surface area (Å²) in [7, 11) is 0. The Kier molecular flexibility index (Phi) is 7.03. The van der Waals surface area contributed by atoms with Crippen LogP contribution in [0.5, 0.6) is 0 Å². The Balaban J connectivity index is 2.09. The van der Waals surface area contributed by atoms with Crippen LogP contribution in [0.25, 0.3) is 0 Å². The average molecular weight is 364 g/mol. The van der Waals surface area contributed by atoms with E-state index in [1.165, 1.54) is 16.7 Å². The van der Waals surface area contributed by atoms with Crippen molar-refractivity contribution in [2.45, 2.75) is 52.5 Å². The average Bonchev–Trinajstić information content (AvgIpc) is 2.56. The molecule has 0 saturated carbocycles. The van der Waals surface area contributed by atoms with E-state index in [9.17, 15) is 15.1 Å². The van der Waals surface area contributed by atoms with E-state index in [0.717, 1.165) is 19.3 Å². The zero-order valence-electron chi connectivity index (χ0n) is 16.0. The van der Waals surface area contributed by atoms with Crippen LogP contribution in [0.2, 0.25) is 0 Å². The highest BCUT2D eigenvalue weighted by Crippen LogP contribution is 2.35. The molecule has 1 aromatic carbocycles. The zero-order valence-corrected chi connectivity index (χ0v) is 16.0. The summed E-state index contributed by atoms with van der Waals surface area (Å²) in [6, 6.07) is 6.73. The molecule has 2 rings (SSSR count). The molecular formula is C20H32N2O4. The smallest absolute Gasteiger partial charge is 0.431 e. The molecule has 0 saturated heterocycles. The summed E-state index contributed by atoms with van der Waals surface area (Å²) in [4.78, 5) is 10.6. The van der Waals surface area contributed by atoms with Crippen molar-refractivity contribution in [1.82, 2.24) is 10.4 Å². The highest BCUT2D eigenvalue weighted by atomic mass is 16.6. The van der Waals surface area contributed by atoms with Crippen molar-refractivity contribution in [2.24, 2.45) is 11.3 Å². The molecule has 4 N–H and O–H groups in total. The standard InChI is InChI=1S/C20H32N2O4/c1-20(2,3)12-14-5-6-15-7-8-16(13-23)18(17(15)11-14)21-9-4-10-22(26)19(24)25/h5-6,11,16,18,21,23,26H,4,7-10,12-13H2,1-3H3,(H,24,25)/t16?,18-/m0/s1. The fraction of sp³-hybridized carbons (Fsp3) is 0.650. The molecule has 0 aliphatic heterocycles. The van der Waals surface area contributed by atoms with Crippen LogP contribution in [0.1, 0.15) is 56.3 Å². The molecule has 26 heavy (non-hydrogen) atoms. The predicted molar refractivity (Wildman–Crippen MR) is 100 cm³/mol. The number of benzene rings is 1. The van der Waals surface area contributed by atoms with Crippen LogP contribution in [0.3, 0.4) is 0 Å². The Hall–Kier alpha value is -1.63. The number of hydrogen-bond acceptors (Lipinski definition) is 4. The quantitative estimate of drug-likeness (QED) is 0.339. The summed E-state index contributed by atoms with van der Waals surface area (Å²) in [5, 5.41) is 31.5. The number of carboxylic acid groups (broad SMARTS) is 1. The predicted octanol–water partition coefficient (Wildman–Crippen LogP) is 3.22. The van der Waals surface area contributed by atoms with Gasteiger partial charge in [-0.2, -0.15) is 5.06 Å². The van der Waals surface area contributed by atoms with E-state index in [2.05, 4.69) is 44.3 Å². The number of aliphatic hydroxyl groups is 1. The molecule has 0 fully saturated rings. The van der Waals surface area contributed by atoms with Gasteiger partial charge in [0.05, 0.1) is 6.54 Å². The van der Waals surface area contributed by atoms with E-state index < -0.39 is 6.09 Å². The minimum absolute atomic E-state index is 0.0561. The fourth-order valence-corrected chi connectivity index (χ4v) is 3.70. The monoisotopic (exact) mass is 364 g/mol. The van der Waals surface area contributed by atoms with Gasteiger partial charge in [0.15, 0.2) is 0 Å². The van der Waals surface area contributed by atoms with Gasteiger partial charge in [-0.1, -0.05) is 39.0 Å². The highest BCUT2D eigenvalue weighted by Gasteiger charge is 2.29. The molecule has 0 aromatic heterocycles. The molecule has 1 unspecified atom stereocenters. The summed E-state index contributed by atoms with van der Waals surface area (Å²) in [5.41, 5.74) is 4.08. The normalized spacial score (nSPS) is 19.9. The number of hydroxylamine groups is 2. The second kappa shape index (κ2) is 8.84. The molecule has 1 amide bonds. The Morgan fingerprint density at radius 1 is 1.35 bits per heavy atom. The summed E-state index contributed by atoms with van der Waals surface area (Å²) < 4.78 is 0. The topological polar surface area (TPSA) is 93.0 Å². The molecule has 6 heteroatoms. The molecule has 0 bridgehead atoms. The molecule has 1 aliphatic carbocycles. The van der Waals surface area contributed by atoms with Gasteiger partial charge >= 0.3 is 6.09 Å². The zero-order chi connectivity index (χ0) is 19.3. The lowest BCUT2D eigenvalue weighted by Crippen LogP contribution is -2.36. The van der Waals surface area contributed by atoms with Crippen LogP contribution in [0.15, 0.2) is 18.2 Å². The first-order valence-electron chi connectivity index (χ1n) is 9.36. The number of aliphatic hydroxyl groups excluding tert-OH is 1. The second-order valence-corrected chi connectivity index (χ2v) is 8.44. The number of carbonyl (C=O) groups is 1. The first kappa shape index (κ1) is 20.7. The van der Waals surface area contributed by atoms with Crippen LogP contribution < -0.4 is 5.32 Å². The number of fused-ring (bicyclic) bond motifs is 1. The molecule has 6 nitrogen and oxygen atoms in total. The Morgan fingerprint density at radius 3 is 2.69 bits per heavy atom. The van der Waals surface area contributed by atoms with Crippen LogP contribution in [-0.2, 0) is 12.8 Å². The summed E-state index contributed by atoms with van der Waals surface area (Å²) >= 11 is 0. The van der Waals surface area contributed by atoms with E-state index in [1.807, 2.05) is 0 Å².